The smallest absolute Gasteiger partial charge is 0.266 e. The first kappa shape index (κ1) is 18.5. The van der Waals surface area contributed by atoms with Gasteiger partial charge < -0.3 is 5.32 Å². The lowest BCUT2D eigenvalue weighted by molar-refractivity contribution is 0.148. The van der Waals surface area contributed by atoms with Gasteiger partial charge >= 0.3 is 0 Å². The highest BCUT2D eigenvalue weighted by molar-refractivity contribution is 5.43. The zero-order valence-electron chi connectivity index (χ0n) is 16.4. The van der Waals surface area contributed by atoms with Crippen LogP contribution in [0.2, 0.25) is 0 Å². The van der Waals surface area contributed by atoms with Gasteiger partial charge in [-0.05, 0) is 51.4 Å². The lowest BCUT2D eigenvalue weighted by atomic mass is 10.0. The molecule has 3 aromatic heterocycles. The molecule has 1 aliphatic heterocycles. The number of likely N-dealkylation sites (tertiary alicyclic amines) is 1. The first-order valence-corrected chi connectivity index (χ1v) is 9.82. The Morgan fingerprint density at radius 1 is 1.07 bits per heavy atom. The van der Waals surface area contributed by atoms with Gasteiger partial charge in [0.05, 0.1) is 12.2 Å². The van der Waals surface area contributed by atoms with Crippen LogP contribution in [0.4, 0.5) is 5.82 Å². The lowest BCUT2D eigenvalue weighted by Gasteiger charge is -2.35. The van der Waals surface area contributed by atoms with E-state index in [9.17, 15) is 4.79 Å². The fourth-order valence-electron chi connectivity index (χ4n) is 3.73. The monoisotopic (exact) mass is 382 g/mol. The third kappa shape index (κ3) is 4.04. The van der Waals surface area contributed by atoms with Gasteiger partial charge in [0, 0.05) is 25.2 Å². The molecule has 1 fully saturated rings. The molecule has 28 heavy (non-hydrogen) atoms. The summed E-state index contributed by atoms with van der Waals surface area (Å²) in [5.41, 5.74) is 1.57. The summed E-state index contributed by atoms with van der Waals surface area (Å²) < 4.78 is 3.32. The SMILES string of the molecule is Cc1ccc(=O)n(CCN2CCCCC2CNc2ccc3nnc(C)n3n2)n1. The molecular weight excluding hydrogens is 356 g/mol. The highest BCUT2D eigenvalue weighted by atomic mass is 16.1. The summed E-state index contributed by atoms with van der Waals surface area (Å²) in [4.78, 5) is 14.5. The van der Waals surface area contributed by atoms with E-state index in [4.69, 9.17) is 0 Å². The number of fused-ring (bicyclic) bond motifs is 1. The first-order valence-electron chi connectivity index (χ1n) is 9.82. The minimum atomic E-state index is -0.0425. The quantitative estimate of drug-likeness (QED) is 0.686. The van der Waals surface area contributed by atoms with E-state index >= 15 is 0 Å². The van der Waals surface area contributed by atoms with Crippen molar-refractivity contribution in [3.05, 3.63) is 46.1 Å². The highest BCUT2D eigenvalue weighted by Gasteiger charge is 2.22. The van der Waals surface area contributed by atoms with E-state index in [1.54, 1.807) is 21.3 Å². The number of aryl methyl sites for hydroxylation is 2. The minimum Gasteiger partial charge on any atom is -0.367 e. The molecule has 1 aliphatic rings. The Balaban J connectivity index is 1.39. The Morgan fingerprint density at radius 3 is 2.86 bits per heavy atom. The predicted octanol–water partition coefficient (Wildman–Crippen LogP) is 1.26. The van der Waals surface area contributed by atoms with Crippen LogP contribution in [0.15, 0.2) is 29.1 Å². The van der Waals surface area contributed by atoms with Gasteiger partial charge in [0.15, 0.2) is 11.5 Å². The van der Waals surface area contributed by atoms with Crippen molar-refractivity contribution in [2.45, 2.75) is 45.7 Å². The van der Waals surface area contributed by atoms with E-state index in [0.29, 0.717) is 12.6 Å². The number of anilines is 1. The zero-order valence-corrected chi connectivity index (χ0v) is 16.4. The molecule has 0 aliphatic carbocycles. The lowest BCUT2D eigenvalue weighted by Crippen LogP contribution is -2.45. The Labute approximate surface area is 163 Å². The van der Waals surface area contributed by atoms with Crippen LogP contribution in [0.1, 0.15) is 30.8 Å². The van der Waals surface area contributed by atoms with Crippen molar-refractivity contribution in [2.75, 3.05) is 25.0 Å². The van der Waals surface area contributed by atoms with Crippen LogP contribution < -0.4 is 10.9 Å². The van der Waals surface area contributed by atoms with Gasteiger partial charge in [-0.2, -0.15) is 9.61 Å². The maximum Gasteiger partial charge on any atom is 0.266 e. The number of rotatable bonds is 6. The largest absolute Gasteiger partial charge is 0.367 e. The molecule has 1 atom stereocenters. The number of hydrogen-bond donors (Lipinski definition) is 1. The fourth-order valence-corrected chi connectivity index (χ4v) is 3.73. The maximum atomic E-state index is 12.0. The molecule has 9 heteroatoms. The third-order valence-electron chi connectivity index (χ3n) is 5.29. The number of aromatic nitrogens is 6. The molecule has 0 amide bonds. The van der Waals surface area contributed by atoms with E-state index in [1.807, 2.05) is 26.0 Å². The number of nitrogens with one attached hydrogen (secondary N) is 1. The summed E-state index contributed by atoms with van der Waals surface area (Å²) in [6, 6.07) is 7.62. The van der Waals surface area contributed by atoms with E-state index in [2.05, 4.69) is 30.6 Å². The van der Waals surface area contributed by atoms with Gasteiger partial charge in [0.1, 0.15) is 5.82 Å². The summed E-state index contributed by atoms with van der Waals surface area (Å²) in [7, 11) is 0. The summed E-state index contributed by atoms with van der Waals surface area (Å²) in [5.74, 6) is 1.59. The van der Waals surface area contributed by atoms with Crippen LogP contribution >= 0.6 is 0 Å². The van der Waals surface area contributed by atoms with Gasteiger partial charge in [-0.25, -0.2) is 4.68 Å². The summed E-state index contributed by atoms with van der Waals surface area (Å²) >= 11 is 0. The Kier molecular flexibility index (Phi) is 5.34. The Bertz CT molecular complexity index is 1010. The second-order valence-electron chi connectivity index (χ2n) is 7.34. The van der Waals surface area contributed by atoms with Crippen LogP contribution in [-0.4, -0.2) is 60.2 Å². The Hall–Kier alpha value is -2.81. The van der Waals surface area contributed by atoms with E-state index in [1.165, 1.54) is 12.8 Å². The van der Waals surface area contributed by atoms with Crippen molar-refractivity contribution < 1.29 is 0 Å². The molecule has 4 rings (SSSR count). The molecular formula is C19H26N8O. The normalized spacial score (nSPS) is 17.9. The van der Waals surface area contributed by atoms with E-state index in [-0.39, 0.29) is 5.56 Å². The van der Waals surface area contributed by atoms with Crippen molar-refractivity contribution in [2.24, 2.45) is 0 Å². The number of nitrogens with zero attached hydrogens (tertiary/aromatic N) is 7. The standard InChI is InChI=1S/C19H26N8O/c1-14-6-9-19(28)26(23-14)12-11-25-10-4-3-5-16(25)13-20-17-7-8-18-22-21-15(2)27(18)24-17/h6-9,16H,3-5,10-13H2,1-2H3,(H,20,24). The molecule has 1 N–H and O–H groups in total. The van der Waals surface area contributed by atoms with E-state index < -0.39 is 0 Å². The highest BCUT2D eigenvalue weighted by Crippen LogP contribution is 2.17. The summed E-state index contributed by atoms with van der Waals surface area (Å²) in [6.07, 6.45) is 3.55. The maximum absolute atomic E-state index is 12.0. The van der Waals surface area contributed by atoms with Crippen LogP contribution in [0.3, 0.4) is 0 Å². The van der Waals surface area contributed by atoms with Crippen molar-refractivity contribution in [1.82, 2.24) is 34.5 Å². The van der Waals surface area contributed by atoms with Crippen molar-refractivity contribution in [1.29, 1.82) is 0 Å². The average Bonchev–Trinajstić information content (AvgIpc) is 3.08. The minimum absolute atomic E-state index is 0.0425. The number of hydrogen-bond acceptors (Lipinski definition) is 7. The Morgan fingerprint density at radius 2 is 1.96 bits per heavy atom. The topological polar surface area (TPSA) is 93.2 Å². The van der Waals surface area contributed by atoms with Gasteiger partial charge in [0.2, 0.25) is 0 Å². The van der Waals surface area contributed by atoms with Crippen molar-refractivity contribution in [3.63, 3.8) is 0 Å². The molecule has 148 valence electrons. The van der Waals surface area contributed by atoms with Crippen LogP contribution in [0, 0.1) is 13.8 Å². The zero-order chi connectivity index (χ0) is 19.5. The molecule has 1 saturated heterocycles. The summed E-state index contributed by atoms with van der Waals surface area (Å²) in [6.45, 7) is 7.09. The molecule has 9 nitrogen and oxygen atoms in total. The molecule has 0 spiro atoms. The molecule has 0 bridgehead atoms. The third-order valence-corrected chi connectivity index (χ3v) is 5.29. The molecule has 0 saturated carbocycles. The fraction of sp³-hybridized carbons (Fsp3) is 0.526. The predicted molar refractivity (Wildman–Crippen MR) is 106 cm³/mol. The van der Waals surface area contributed by atoms with Crippen LogP contribution in [-0.2, 0) is 6.54 Å². The van der Waals surface area contributed by atoms with Gasteiger partial charge in [-0.15, -0.1) is 15.3 Å². The van der Waals surface area contributed by atoms with Crippen LogP contribution in [0.25, 0.3) is 5.65 Å². The van der Waals surface area contributed by atoms with Gasteiger partial charge in [0.25, 0.3) is 5.56 Å². The average molecular weight is 382 g/mol. The molecule has 0 radical (unpaired) electrons. The molecule has 1 unspecified atom stereocenters. The van der Waals surface area contributed by atoms with E-state index in [0.717, 1.165) is 49.0 Å². The van der Waals surface area contributed by atoms with Gasteiger partial charge in [-0.1, -0.05) is 6.42 Å². The molecule has 0 aromatic carbocycles. The molecule has 4 heterocycles. The second kappa shape index (κ2) is 8.05. The van der Waals surface area contributed by atoms with Crippen molar-refractivity contribution in [3.8, 4) is 0 Å². The second-order valence-corrected chi connectivity index (χ2v) is 7.34. The molecule has 3 aromatic rings. The van der Waals surface area contributed by atoms with Crippen molar-refractivity contribution >= 4 is 11.5 Å². The summed E-state index contributed by atoms with van der Waals surface area (Å²) in [5, 5.41) is 20.5. The number of piperidine rings is 1. The van der Waals surface area contributed by atoms with Crippen LogP contribution in [0.5, 0.6) is 0 Å². The first-order chi connectivity index (χ1) is 13.6. The van der Waals surface area contributed by atoms with Gasteiger partial charge in [-0.3, -0.25) is 9.69 Å².